The largest absolute Gasteiger partial charge is 0.446 e. The molecule has 0 atom stereocenters. The first-order valence-corrected chi connectivity index (χ1v) is 10.6. The first-order chi connectivity index (χ1) is 15.4. The quantitative estimate of drug-likeness (QED) is 0.293. The Morgan fingerprint density at radius 3 is 2.22 bits per heavy atom. The average Bonchev–Trinajstić information content (AvgIpc) is 3.24. The highest BCUT2D eigenvalue weighted by molar-refractivity contribution is 8.00. The Hall–Kier alpha value is -2.88. The fourth-order valence-electron chi connectivity index (χ4n) is 3.36. The van der Waals surface area contributed by atoms with E-state index in [1.165, 1.54) is 12.1 Å². The molecule has 0 amide bonds. The molecule has 2 heterocycles. The van der Waals surface area contributed by atoms with Gasteiger partial charge in [-0.05, 0) is 53.5 Å². The van der Waals surface area contributed by atoms with Crippen molar-refractivity contribution in [2.75, 3.05) is 26.4 Å². The highest BCUT2D eigenvalue weighted by atomic mass is 32.2. The van der Waals surface area contributed by atoms with Gasteiger partial charge in [0, 0.05) is 21.5 Å². The van der Waals surface area contributed by atoms with Crippen molar-refractivity contribution in [2.24, 2.45) is 0 Å². The summed E-state index contributed by atoms with van der Waals surface area (Å²) in [5.74, 6) is 0. The second-order valence-corrected chi connectivity index (χ2v) is 8.05. The normalized spacial score (nSPS) is 14.2. The molecule has 9 heteroatoms. The fourth-order valence-corrected chi connectivity index (χ4v) is 3.89. The number of aldehydes is 1. The van der Waals surface area contributed by atoms with Crippen LogP contribution >= 0.6 is 11.8 Å². The van der Waals surface area contributed by atoms with Gasteiger partial charge in [-0.3, -0.25) is 9.36 Å². The number of ether oxygens (including phenoxy) is 2. The van der Waals surface area contributed by atoms with Crippen molar-refractivity contribution in [1.82, 2.24) is 9.55 Å². The molecule has 4 aromatic rings. The zero-order chi connectivity index (χ0) is 22.6. The van der Waals surface area contributed by atoms with Crippen molar-refractivity contribution in [3.63, 3.8) is 0 Å². The summed E-state index contributed by atoms with van der Waals surface area (Å²) >= 11 is -0.138. The second-order valence-electron chi connectivity index (χ2n) is 6.91. The molecule has 1 aromatic heterocycles. The van der Waals surface area contributed by atoms with Gasteiger partial charge in [-0.15, -0.1) is 0 Å². The molecule has 0 spiro atoms. The summed E-state index contributed by atoms with van der Waals surface area (Å²) in [5, 5.41) is 1.82. The SMILES string of the molecule is C1COCCO1.O=Cc1ccc2c(ccc3c2ncn3-c2ccc(SC(F)(F)F)cc2)c1. The van der Waals surface area contributed by atoms with Crippen LogP contribution in [0.5, 0.6) is 0 Å². The molecule has 32 heavy (non-hydrogen) atoms. The summed E-state index contributed by atoms with van der Waals surface area (Å²) in [6.07, 6.45) is 2.44. The summed E-state index contributed by atoms with van der Waals surface area (Å²) < 4.78 is 49.1. The number of hydrogen-bond acceptors (Lipinski definition) is 5. The molecule has 0 unspecified atom stereocenters. The molecule has 1 fully saturated rings. The van der Waals surface area contributed by atoms with Gasteiger partial charge in [0.15, 0.2) is 0 Å². The van der Waals surface area contributed by atoms with Gasteiger partial charge in [0.05, 0.1) is 37.5 Å². The maximum atomic E-state index is 12.5. The van der Waals surface area contributed by atoms with E-state index in [0.29, 0.717) is 5.56 Å². The van der Waals surface area contributed by atoms with Gasteiger partial charge in [-0.1, -0.05) is 18.2 Å². The van der Waals surface area contributed by atoms with Crippen LogP contribution < -0.4 is 0 Å². The van der Waals surface area contributed by atoms with Crippen LogP contribution in [0.15, 0.2) is 65.8 Å². The summed E-state index contributed by atoms with van der Waals surface area (Å²) in [7, 11) is 0. The van der Waals surface area contributed by atoms with E-state index in [1.54, 1.807) is 30.6 Å². The Balaban J connectivity index is 0.000000354. The number of imidazole rings is 1. The number of benzene rings is 3. The zero-order valence-corrected chi connectivity index (χ0v) is 17.7. The summed E-state index contributed by atoms with van der Waals surface area (Å²) in [4.78, 5) is 15.5. The summed E-state index contributed by atoms with van der Waals surface area (Å²) in [5.41, 5.74) is -1.37. The average molecular weight is 460 g/mol. The molecule has 5 nitrogen and oxygen atoms in total. The third-order valence-electron chi connectivity index (χ3n) is 4.78. The second kappa shape index (κ2) is 9.72. The van der Waals surface area contributed by atoms with Crippen molar-refractivity contribution in [3.8, 4) is 5.69 Å². The number of aromatic nitrogens is 2. The van der Waals surface area contributed by atoms with Crippen molar-refractivity contribution >= 4 is 39.9 Å². The minimum Gasteiger partial charge on any atom is -0.377 e. The van der Waals surface area contributed by atoms with Gasteiger partial charge in [-0.25, -0.2) is 4.98 Å². The molecule has 1 saturated heterocycles. The molecule has 0 radical (unpaired) electrons. The first-order valence-electron chi connectivity index (χ1n) is 9.81. The molecular formula is C23H19F3N2O3S. The third kappa shape index (κ3) is 5.29. The van der Waals surface area contributed by atoms with Gasteiger partial charge in [0.2, 0.25) is 0 Å². The van der Waals surface area contributed by atoms with E-state index < -0.39 is 5.51 Å². The number of rotatable bonds is 3. The Bertz CT molecular complexity index is 1210. The fraction of sp³-hybridized carbons (Fsp3) is 0.217. The number of alkyl halides is 3. The van der Waals surface area contributed by atoms with Crippen LogP contribution in [0, 0.1) is 0 Å². The highest BCUT2D eigenvalue weighted by Crippen LogP contribution is 2.37. The number of carbonyl (C=O) groups excluding carboxylic acids is 1. The predicted octanol–water partition coefficient (Wildman–Crippen LogP) is 5.64. The molecule has 1 aliphatic heterocycles. The van der Waals surface area contributed by atoms with Crippen LogP contribution in [0.3, 0.4) is 0 Å². The lowest BCUT2D eigenvalue weighted by molar-refractivity contribution is -0.0334. The summed E-state index contributed by atoms with van der Waals surface area (Å²) in [6, 6.07) is 15.3. The van der Waals surface area contributed by atoms with Crippen LogP contribution in [0.1, 0.15) is 10.4 Å². The van der Waals surface area contributed by atoms with Crippen molar-refractivity contribution in [2.45, 2.75) is 10.4 Å². The van der Waals surface area contributed by atoms with Crippen LogP contribution in [-0.4, -0.2) is 47.8 Å². The highest BCUT2D eigenvalue weighted by Gasteiger charge is 2.29. The van der Waals surface area contributed by atoms with E-state index in [-0.39, 0.29) is 16.7 Å². The van der Waals surface area contributed by atoms with Crippen molar-refractivity contribution < 1.29 is 27.4 Å². The summed E-state index contributed by atoms with van der Waals surface area (Å²) in [6.45, 7) is 3.11. The minimum absolute atomic E-state index is 0.137. The molecule has 166 valence electrons. The van der Waals surface area contributed by atoms with Gasteiger partial charge in [0.25, 0.3) is 0 Å². The predicted molar refractivity (Wildman–Crippen MR) is 118 cm³/mol. The molecule has 0 N–H and O–H groups in total. The van der Waals surface area contributed by atoms with Crippen LogP contribution in [-0.2, 0) is 9.47 Å². The lowest BCUT2D eigenvalue weighted by Gasteiger charge is -2.09. The van der Waals surface area contributed by atoms with Crippen LogP contribution in [0.2, 0.25) is 0 Å². The number of fused-ring (bicyclic) bond motifs is 3. The topological polar surface area (TPSA) is 53.4 Å². The monoisotopic (exact) mass is 460 g/mol. The Morgan fingerprint density at radius 2 is 1.62 bits per heavy atom. The van der Waals surface area contributed by atoms with Gasteiger partial charge in [-0.2, -0.15) is 13.2 Å². The Kier molecular flexibility index (Phi) is 6.78. The standard InChI is InChI=1S/C19H11F3N2OS.C4H8O2/c20-19(21,22)26-15-5-3-14(4-6-15)24-11-23-18-16-7-1-12(10-25)9-13(16)2-8-17(18)24;1-2-6-4-3-5-1/h1-11H;1-4H2. The van der Waals surface area contributed by atoms with Crippen molar-refractivity contribution in [1.29, 1.82) is 0 Å². The molecule has 5 rings (SSSR count). The molecule has 3 aromatic carbocycles. The number of halogens is 3. The number of carbonyl (C=O) groups is 1. The lowest BCUT2D eigenvalue weighted by Crippen LogP contribution is -2.16. The maximum Gasteiger partial charge on any atom is 0.446 e. The first kappa shape index (κ1) is 22.3. The van der Waals surface area contributed by atoms with E-state index in [2.05, 4.69) is 4.98 Å². The van der Waals surface area contributed by atoms with Gasteiger partial charge < -0.3 is 9.47 Å². The molecule has 0 bridgehead atoms. The minimum atomic E-state index is -4.30. The maximum absolute atomic E-state index is 12.5. The van der Waals surface area contributed by atoms with Crippen molar-refractivity contribution in [3.05, 3.63) is 66.5 Å². The number of thioether (sulfide) groups is 1. The Morgan fingerprint density at radius 1 is 0.938 bits per heavy atom. The van der Waals surface area contributed by atoms with Crippen LogP contribution in [0.4, 0.5) is 13.2 Å². The van der Waals surface area contributed by atoms with Gasteiger partial charge in [0.1, 0.15) is 12.6 Å². The zero-order valence-electron chi connectivity index (χ0n) is 16.8. The number of hydrogen-bond donors (Lipinski definition) is 0. The van der Waals surface area contributed by atoms with Gasteiger partial charge >= 0.3 is 5.51 Å². The molecule has 0 saturated carbocycles. The van der Waals surface area contributed by atoms with E-state index in [1.807, 2.05) is 22.8 Å². The Labute approximate surface area is 186 Å². The van der Waals surface area contributed by atoms with E-state index in [9.17, 15) is 18.0 Å². The molecule has 0 aliphatic carbocycles. The smallest absolute Gasteiger partial charge is 0.377 e. The lowest BCUT2D eigenvalue weighted by atomic mass is 10.1. The van der Waals surface area contributed by atoms with E-state index in [4.69, 9.17) is 9.47 Å². The van der Waals surface area contributed by atoms with E-state index >= 15 is 0 Å². The number of nitrogens with zero attached hydrogens (tertiary/aromatic N) is 2. The van der Waals surface area contributed by atoms with E-state index in [0.717, 1.165) is 60.2 Å². The molecule has 1 aliphatic rings. The van der Waals surface area contributed by atoms with Crippen LogP contribution in [0.25, 0.3) is 27.5 Å². The third-order valence-corrected chi connectivity index (χ3v) is 5.52. The molecular weight excluding hydrogens is 441 g/mol.